The number of carbonyl (C=O) groups is 1. The van der Waals surface area contributed by atoms with Gasteiger partial charge in [0.05, 0.1) is 18.7 Å². The van der Waals surface area contributed by atoms with E-state index in [0.29, 0.717) is 5.69 Å². The lowest BCUT2D eigenvalue weighted by Gasteiger charge is -2.39. The third-order valence-electron chi connectivity index (χ3n) is 3.88. The number of hydrogen-bond acceptors (Lipinski definition) is 7. The van der Waals surface area contributed by atoms with Crippen molar-refractivity contribution < 1.29 is 34.3 Å². The Hall–Kier alpha value is -2.31. The lowest BCUT2D eigenvalue weighted by atomic mass is 9.93. The minimum Gasteiger partial charge on any atom is -0.478 e. The molecule has 0 saturated carbocycles. The fourth-order valence-electron chi connectivity index (χ4n) is 2.55. The number of aliphatic hydroxyl groups is 3. The number of aliphatic carboxylic acids is 1. The van der Waals surface area contributed by atoms with Crippen molar-refractivity contribution in [1.29, 1.82) is 0 Å². The van der Waals surface area contributed by atoms with Crippen LogP contribution in [0.1, 0.15) is 0 Å². The number of aliphatic hydroxyl groups excluding tert-OH is 3. The van der Waals surface area contributed by atoms with Crippen molar-refractivity contribution >= 4 is 29.0 Å². The molecule has 0 radical (unpaired) electrons. The quantitative estimate of drug-likeness (QED) is 0.292. The highest BCUT2D eigenvalue weighted by atomic mass is 32.1. The summed E-state index contributed by atoms with van der Waals surface area (Å²) in [6, 6.07) is 3.60. The number of thiocarbonyl (C=S) groups is 1. The summed E-state index contributed by atoms with van der Waals surface area (Å²) in [6.45, 7) is -0.777. The Morgan fingerprint density at radius 1 is 1.41 bits per heavy atom. The summed E-state index contributed by atoms with van der Waals surface area (Å²) >= 11 is 5.14. The maximum atomic E-state index is 13.3. The Labute approximate surface area is 159 Å². The van der Waals surface area contributed by atoms with Gasteiger partial charge >= 0.3 is 5.97 Å². The van der Waals surface area contributed by atoms with E-state index >= 15 is 0 Å². The highest BCUT2D eigenvalue weighted by Gasteiger charge is 2.42. The number of carboxylic acid groups (broad SMARTS) is 1. The summed E-state index contributed by atoms with van der Waals surface area (Å²) in [5, 5.41) is 43.6. The number of benzene rings is 1. The van der Waals surface area contributed by atoms with Crippen LogP contribution in [-0.2, 0) is 9.53 Å². The Morgan fingerprint density at radius 3 is 2.70 bits per heavy atom. The molecule has 1 aliphatic heterocycles. The number of nitrogens with one attached hydrogen (secondary N) is 2. The van der Waals surface area contributed by atoms with Crippen LogP contribution in [0, 0.1) is 5.82 Å². The normalized spacial score (nSPS) is 24.2. The van der Waals surface area contributed by atoms with Crippen molar-refractivity contribution in [2.24, 2.45) is 5.73 Å². The molecule has 2 rings (SSSR count). The Balaban J connectivity index is 2.19. The third kappa shape index (κ3) is 5.34. The van der Waals surface area contributed by atoms with E-state index in [-0.39, 0.29) is 5.11 Å². The molecular formula is C16H20FN3O6S. The van der Waals surface area contributed by atoms with Crippen molar-refractivity contribution in [3.05, 3.63) is 41.9 Å². The zero-order valence-corrected chi connectivity index (χ0v) is 14.8. The zero-order valence-electron chi connectivity index (χ0n) is 13.9. The monoisotopic (exact) mass is 401 g/mol. The number of carboxylic acids is 1. The summed E-state index contributed by atoms with van der Waals surface area (Å²) in [5.41, 5.74) is 6.31. The molecule has 0 bridgehead atoms. The molecule has 0 saturated heterocycles. The van der Waals surface area contributed by atoms with Gasteiger partial charge in [0.2, 0.25) is 5.76 Å². The molecule has 0 spiro atoms. The summed E-state index contributed by atoms with van der Waals surface area (Å²) in [4.78, 5) is 11.2. The molecule has 1 aliphatic rings. The Kier molecular flexibility index (Phi) is 7.05. The van der Waals surface area contributed by atoms with Gasteiger partial charge < -0.3 is 41.5 Å². The first-order valence-corrected chi connectivity index (χ1v) is 8.31. The first-order valence-electron chi connectivity index (χ1n) is 7.90. The average molecular weight is 401 g/mol. The van der Waals surface area contributed by atoms with Crippen LogP contribution in [0.25, 0.3) is 0 Å². The van der Waals surface area contributed by atoms with E-state index in [1.54, 1.807) is 6.07 Å². The van der Waals surface area contributed by atoms with E-state index in [1.165, 1.54) is 18.2 Å². The van der Waals surface area contributed by atoms with E-state index in [4.69, 9.17) is 32.9 Å². The smallest absolute Gasteiger partial charge is 0.370 e. The van der Waals surface area contributed by atoms with Crippen LogP contribution >= 0.6 is 12.2 Å². The fraction of sp³-hybridized carbons (Fsp3) is 0.375. The van der Waals surface area contributed by atoms with E-state index in [2.05, 4.69) is 10.6 Å². The zero-order chi connectivity index (χ0) is 20.1. The van der Waals surface area contributed by atoms with Gasteiger partial charge in [0.15, 0.2) is 5.11 Å². The van der Waals surface area contributed by atoms with Gasteiger partial charge in [0.25, 0.3) is 0 Å². The molecule has 0 aromatic heterocycles. The van der Waals surface area contributed by atoms with E-state index in [1.807, 2.05) is 0 Å². The number of rotatable bonds is 6. The molecule has 0 aliphatic carbocycles. The minimum absolute atomic E-state index is 0.00696. The van der Waals surface area contributed by atoms with Crippen LogP contribution in [0.15, 0.2) is 36.1 Å². The predicted molar refractivity (Wildman–Crippen MR) is 97.2 cm³/mol. The largest absolute Gasteiger partial charge is 0.478 e. The van der Waals surface area contributed by atoms with Gasteiger partial charge in [-0.1, -0.05) is 6.07 Å². The molecule has 0 unspecified atom stereocenters. The fourth-order valence-corrected chi connectivity index (χ4v) is 2.80. The van der Waals surface area contributed by atoms with Crippen LogP contribution in [0.2, 0.25) is 0 Å². The SMILES string of the molecule is N[C@H]1C=C(C(=O)O)O[C@@H]([C@H](O)[C@H](O)CO)[C@@H]1NC(=S)Nc1cccc(F)c1. The number of hydrogen-bond donors (Lipinski definition) is 7. The van der Waals surface area contributed by atoms with Gasteiger partial charge in [-0.2, -0.15) is 0 Å². The molecule has 1 aromatic carbocycles. The molecule has 27 heavy (non-hydrogen) atoms. The standard InChI is InChI=1S/C16H20FN3O6S/c17-7-2-1-3-8(4-7)19-16(27)20-12-9(18)5-11(15(24)25)26-14(12)13(23)10(22)6-21/h1-5,9-10,12-14,21-23H,6,18H2,(H,24,25)(H2,19,20,27)/t9-,10+,12+,13+,14+/m0/s1. The number of nitrogens with two attached hydrogens (primary N) is 1. The predicted octanol–water partition coefficient (Wildman–Crippen LogP) is -1.11. The second-order valence-corrected chi connectivity index (χ2v) is 6.28. The van der Waals surface area contributed by atoms with Crippen LogP contribution in [0.3, 0.4) is 0 Å². The number of anilines is 1. The average Bonchev–Trinajstić information content (AvgIpc) is 2.61. The molecule has 8 N–H and O–H groups in total. The number of ether oxygens (including phenoxy) is 1. The van der Waals surface area contributed by atoms with Gasteiger partial charge in [-0.05, 0) is 36.5 Å². The van der Waals surface area contributed by atoms with Crippen molar-refractivity contribution in [3.8, 4) is 0 Å². The maximum Gasteiger partial charge on any atom is 0.370 e. The molecule has 11 heteroatoms. The number of halogens is 1. The molecule has 1 heterocycles. The first-order chi connectivity index (χ1) is 12.7. The van der Waals surface area contributed by atoms with E-state index in [9.17, 15) is 19.4 Å². The van der Waals surface area contributed by atoms with Crippen molar-refractivity contribution in [1.82, 2.24) is 5.32 Å². The molecular weight excluding hydrogens is 381 g/mol. The summed E-state index contributed by atoms with van der Waals surface area (Å²) in [6.07, 6.45) is -3.45. The van der Waals surface area contributed by atoms with Crippen molar-refractivity contribution in [3.63, 3.8) is 0 Å². The highest BCUT2D eigenvalue weighted by Crippen LogP contribution is 2.22. The van der Waals surface area contributed by atoms with Gasteiger partial charge in [0.1, 0.15) is 24.1 Å². The van der Waals surface area contributed by atoms with Gasteiger partial charge in [0, 0.05) is 5.69 Å². The first kappa shape index (κ1) is 21.0. The van der Waals surface area contributed by atoms with Gasteiger partial charge in [-0.15, -0.1) is 0 Å². The molecule has 0 amide bonds. The van der Waals surface area contributed by atoms with E-state index in [0.717, 1.165) is 6.08 Å². The van der Waals surface area contributed by atoms with Gasteiger partial charge in [-0.25, -0.2) is 9.18 Å². The van der Waals surface area contributed by atoms with Gasteiger partial charge in [-0.3, -0.25) is 0 Å². The lowest BCUT2D eigenvalue weighted by molar-refractivity contribution is -0.144. The molecule has 148 valence electrons. The second-order valence-electron chi connectivity index (χ2n) is 5.87. The van der Waals surface area contributed by atoms with Crippen LogP contribution in [0.5, 0.6) is 0 Å². The van der Waals surface area contributed by atoms with Crippen molar-refractivity contribution in [2.45, 2.75) is 30.4 Å². The molecule has 5 atom stereocenters. The van der Waals surface area contributed by atoms with Crippen LogP contribution < -0.4 is 16.4 Å². The summed E-state index contributed by atoms with van der Waals surface area (Å²) in [7, 11) is 0. The van der Waals surface area contributed by atoms with Crippen molar-refractivity contribution in [2.75, 3.05) is 11.9 Å². The second kappa shape index (κ2) is 9.06. The van der Waals surface area contributed by atoms with Crippen LogP contribution in [0.4, 0.5) is 10.1 Å². The highest BCUT2D eigenvalue weighted by molar-refractivity contribution is 7.80. The Bertz CT molecular complexity index is 734. The molecule has 0 fully saturated rings. The maximum absolute atomic E-state index is 13.3. The molecule has 1 aromatic rings. The molecule has 9 nitrogen and oxygen atoms in total. The van der Waals surface area contributed by atoms with E-state index < -0.39 is 54.5 Å². The Morgan fingerprint density at radius 2 is 2.11 bits per heavy atom. The third-order valence-corrected chi connectivity index (χ3v) is 4.10. The topological polar surface area (TPSA) is 157 Å². The lowest BCUT2D eigenvalue weighted by Crippen LogP contribution is -2.62. The summed E-state index contributed by atoms with van der Waals surface area (Å²) < 4.78 is 18.5. The summed E-state index contributed by atoms with van der Waals surface area (Å²) in [5.74, 6) is -2.38. The minimum atomic E-state index is -1.65. The van der Waals surface area contributed by atoms with Crippen LogP contribution in [-0.4, -0.2) is 68.5 Å².